The number of aromatic nitrogens is 2. The van der Waals surface area contributed by atoms with E-state index < -0.39 is 5.91 Å². The van der Waals surface area contributed by atoms with Crippen molar-refractivity contribution in [2.75, 3.05) is 5.32 Å². The maximum Gasteiger partial charge on any atom is 0.280 e. The Hall–Kier alpha value is -2.95. The van der Waals surface area contributed by atoms with E-state index in [1.165, 1.54) is 5.56 Å². The minimum atomic E-state index is -0.499. The van der Waals surface area contributed by atoms with Gasteiger partial charge in [0, 0.05) is 18.1 Å². The molecule has 0 fully saturated rings. The van der Waals surface area contributed by atoms with Crippen LogP contribution in [-0.4, -0.2) is 15.7 Å². The molecule has 0 aliphatic carbocycles. The van der Waals surface area contributed by atoms with Crippen molar-refractivity contribution in [3.05, 3.63) is 70.0 Å². The molecule has 1 aromatic heterocycles. The van der Waals surface area contributed by atoms with Gasteiger partial charge >= 0.3 is 0 Å². The highest BCUT2D eigenvalue weighted by Gasteiger charge is 2.16. The lowest BCUT2D eigenvalue weighted by atomic mass is 10.1. The summed E-state index contributed by atoms with van der Waals surface area (Å²) in [5.74, 6) is -0.499. The van der Waals surface area contributed by atoms with Crippen molar-refractivity contribution in [3.63, 3.8) is 0 Å². The zero-order valence-corrected chi connectivity index (χ0v) is 13.0. The monoisotopic (exact) mass is 307 g/mol. The molecule has 1 heterocycles. The molecule has 5 heteroatoms. The van der Waals surface area contributed by atoms with Gasteiger partial charge in [-0.2, -0.15) is 5.10 Å². The standard InChI is InChI=1S/C18H17N3O2/c1-3-12-8-10-13(11-9-12)19-18(23)16-17(22)14-6-4-5-7-15(14)21(2)20-16/h4-11H,3H2,1-2H3,(H,19,23). The number of nitrogens with zero attached hydrogens (tertiary/aromatic N) is 2. The number of carbonyl (C=O) groups excluding carboxylic acids is 1. The number of nitrogens with one attached hydrogen (secondary N) is 1. The molecule has 1 N–H and O–H groups in total. The third kappa shape index (κ3) is 2.85. The number of carbonyl (C=O) groups is 1. The molecule has 3 aromatic rings. The first-order valence-electron chi connectivity index (χ1n) is 7.46. The molecule has 2 aromatic carbocycles. The van der Waals surface area contributed by atoms with Crippen LogP contribution in [0, 0.1) is 0 Å². The summed E-state index contributed by atoms with van der Waals surface area (Å²) in [6, 6.07) is 14.6. The second-order valence-corrected chi connectivity index (χ2v) is 5.32. The zero-order valence-electron chi connectivity index (χ0n) is 13.0. The summed E-state index contributed by atoms with van der Waals surface area (Å²) >= 11 is 0. The molecule has 1 amide bonds. The first-order valence-corrected chi connectivity index (χ1v) is 7.46. The minimum absolute atomic E-state index is 0.106. The predicted molar refractivity (Wildman–Crippen MR) is 90.8 cm³/mol. The fourth-order valence-electron chi connectivity index (χ4n) is 2.49. The highest BCUT2D eigenvalue weighted by molar-refractivity contribution is 6.04. The van der Waals surface area contributed by atoms with Gasteiger partial charge in [-0.15, -0.1) is 0 Å². The lowest BCUT2D eigenvalue weighted by molar-refractivity contribution is 0.101. The van der Waals surface area contributed by atoms with Gasteiger partial charge < -0.3 is 5.32 Å². The Bertz CT molecular complexity index is 927. The summed E-state index contributed by atoms with van der Waals surface area (Å²) in [5.41, 5.74) is 2.06. The molecule has 5 nitrogen and oxygen atoms in total. The molecule has 23 heavy (non-hydrogen) atoms. The number of hydrogen-bond acceptors (Lipinski definition) is 3. The summed E-state index contributed by atoms with van der Waals surface area (Å²) in [4.78, 5) is 24.9. The van der Waals surface area contributed by atoms with Crippen LogP contribution in [0.2, 0.25) is 0 Å². The van der Waals surface area contributed by atoms with Crippen LogP contribution >= 0.6 is 0 Å². The Morgan fingerprint density at radius 3 is 2.52 bits per heavy atom. The van der Waals surface area contributed by atoms with E-state index in [4.69, 9.17) is 0 Å². The van der Waals surface area contributed by atoms with Gasteiger partial charge in [-0.3, -0.25) is 14.3 Å². The molecule has 0 aliphatic rings. The van der Waals surface area contributed by atoms with Crippen LogP contribution in [-0.2, 0) is 13.5 Å². The molecule has 3 rings (SSSR count). The van der Waals surface area contributed by atoms with Crippen LogP contribution < -0.4 is 10.7 Å². The van der Waals surface area contributed by atoms with Gasteiger partial charge in [-0.05, 0) is 36.2 Å². The summed E-state index contributed by atoms with van der Waals surface area (Å²) < 4.78 is 1.55. The number of rotatable bonds is 3. The number of anilines is 1. The van der Waals surface area contributed by atoms with Crippen molar-refractivity contribution >= 4 is 22.5 Å². The Labute approximate surface area is 133 Å². The highest BCUT2D eigenvalue weighted by Crippen LogP contribution is 2.12. The Kier molecular flexibility index (Phi) is 3.93. The summed E-state index contributed by atoms with van der Waals surface area (Å²) in [5, 5.41) is 7.33. The van der Waals surface area contributed by atoms with Crippen LogP contribution in [0.1, 0.15) is 23.0 Å². The van der Waals surface area contributed by atoms with E-state index >= 15 is 0 Å². The zero-order chi connectivity index (χ0) is 16.4. The maximum atomic E-state index is 12.5. The normalized spacial score (nSPS) is 10.7. The molecule has 0 unspecified atom stereocenters. The first kappa shape index (κ1) is 15.0. The Balaban J connectivity index is 1.97. The van der Waals surface area contributed by atoms with Gasteiger partial charge in [-0.1, -0.05) is 31.2 Å². The summed E-state index contributed by atoms with van der Waals surface area (Å²) in [6.07, 6.45) is 0.932. The van der Waals surface area contributed by atoms with E-state index in [1.807, 2.05) is 30.3 Å². The third-order valence-corrected chi connectivity index (χ3v) is 3.80. The molecule has 0 saturated carbocycles. The quantitative estimate of drug-likeness (QED) is 0.809. The number of para-hydroxylation sites is 1. The SMILES string of the molecule is CCc1ccc(NC(=O)c2nn(C)c3ccccc3c2=O)cc1. The Morgan fingerprint density at radius 2 is 1.83 bits per heavy atom. The smallest absolute Gasteiger partial charge is 0.280 e. The number of fused-ring (bicyclic) bond motifs is 1. The third-order valence-electron chi connectivity index (χ3n) is 3.80. The largest absolute Gasteiger partial charge is 0.320 e. The van der Waals surface area contributed by atoms with E-state index in [9.17, 15) is 9.59 Å². The molecule has 0 saturated heterocycles. The topological polar surface area (TPSA) is 64.0 Å². The number of amides is 1. The molecular formula is C18H17N3O2. The maximum absolute atomic E-state index is 12.5. The van der Waals surface area contributed by atoms with E-state index in [0.29, 0.717) is 16.6 Å². The van der Waals surface area contributed by atoms with Gasteiger partial charge in [0.05, 0.1) is 5.52 Å². The molecule has 0 radical (unpaired) electrons. The van der Waals surface area contributed by atoms with Crippen molar-refractivity contribution in [1.29, 1.82) is 0 Å². The number of hydrogen-bond donors (Lipinski definition) is 1. The Morgan fingerprint density at radius 1 is 1.13 bits per heavy atom. The average molecular weight is 307 g/mol. The van der Waals surface area contributed by atoms with E-state index in [1.54, 1.807) is 29.9 Å². The molecule has 0 spiro atoms. The van der Waals surface area contributed by atoms with Gasteiger partial charge in [0.25, 0.3) is 5.91 Å². The van der Waals surface area contributed by atoms with Crippen LogP contribution in [0.25, 0.3) is 10.9 Å². The van der Waals surface area contributed by atoms with Crippen LogP contribution in [0.4, 0.5) is 5.69 Å². The van der Waals surface area contributed by atoms with E-state index in [-0.39, 0.29) is 11.1 Å². The van der Waals surface area contributed by atoms with Gasteiger partial charge in [0.1, 0.15) is 0 Å². The molecular weight excluding hydrogens is 290 g/mol. The molecule has 0 aliphatic heterocycles. The van der Waals surface area contributed by atoms with E-state index in [0.717, 1.165) is 6.42 Å². The molecule has 0 bridgehead atoms. The van der Waals surface area contributed by atoms with Crippen molar-refractivity contribution < 1.29 is 4.79 Å². The van der Waals surface area contributed by atoms with Gasteiger partial charge in [0.2, 0.25) is 5.43 Å². The van der Waals surface area contributed by atoms with Crippen molar-refractivity contribution in [3.8, 4) is 0 Å². The van der Waals surface area contributed by atoms with Crippen molar-refractivity contribution in [1.82, 2.24) is 9.78 Å². The summed E-state index contributed by atoms with van der Waals surface area (Å²) in [7, 11) is 1.72. The molecule has 116 valence electrons. The second kappa shape index (κ2) is 6.04. The van der Waals surface area contributed by atoms with Gasteiger partial charge in [0.15, 0.2) is 5.69 Å². The summed E-state index contributed by atoms with van der Waals surface area (Å²) in [6.45, 7) is 2.07. The highest BCUT2D eigenvalue weighted by atomic mass is 16.2. The van der Waals surface area contributed by atoms with Crippen LogP contribution in [0.3, 0.4) is 0 Å². The van der Waals surface area contributed by atoms with Crippen LogP contribution in [0.15, 0.2) is 53.3 Å². The van der Waals surface area contributed by atoms with Crippen molar-refractivity contribution in [2.45, 2.75) is 13.3 Å². The lowest BCUT2D eigenvalue weighted by Crippen LogP contribution is -2.26. The minimum Gasteiger partial charge on any atom is -0.320 e. The average Bonchev–Trinajstić information content (AvgIpc) is 2.58. The molecule has 0 atom stereocenters. The van der Waals surface area contributed by atoms with Crippen LogP contribution in [0.5, 0.6) is 0 Å². The fourth-order valence-corrected chi connectivity index (χ4v) is 2.49. The number of benzene rings is 2. The van der Waals surface area contributed by atoms with Gasteiger partial charge in [-0.25, -0.2) is 0 Å². The number of aryl methyl sites for hydroxylation is 2. The van der Waals surface area contributed by atoms with E-state index in [2.05, 4.69) is 17.3 Å². The second-order valence-electron chi connectivity index (χ2n) is 5.32. The first-order chi connectivity index (χ1) is 11.1. The predicted octanol–water partition coefficient (Wildman–Crippen LogP) is 2.75. The fraction of sp³-hybridized carbons (Fsp3) is 0.167. The van der Waals surface area contributed by atoms with Crippen molar-refractivity contribution in [2.24, 2.45) is 7.05 Å². The lowest BCUT2D eigenvalue weighted by Gasteiger charge is -2.08.